The summed E-state index contributed by atoms with van der Waals surface area (Å²) in [6, 6.07) is 7.58. The maximum Gasteiger partial charge on any atom is 0.149 e. The van der Waals surface area contributed by atoms with Gasteiger partial charge in [-0.05, 0) is 31.9 Å². The molecule has 17 heavy (non-hydrogen) atoms. The van der Waals surface area contributed by atoms with E-state index in [1.165, 1.54) is 0 Å². The molecule has 0 aromatic heterocycles. The first-order chi connectivity index (χ1) is 8.18. The smallest absolute Gasteiger partial charge is 0.149 e. The van der Waals surface area contributed by atoms with Gasteiger partial charge in [-0.2, -0.15) is 0 Å². The Morgan fingerprint density at radius 1 is 1.18 bits per heavy atom. The van der Waals surface area contributed by atoms with Crippen molar-refractivity contribution < 1.29 is 9.00 Å². The molecule has 1 aliphatic rings. The summed E-state index contributed by atoms with van der Waals surface area (Å²) in [4.78, 5) is 12.6. The lowest BCUT2D eigenvalue weighted by Gasteiger charge is -2.12. The van der Waals surface area contributed by atoms with Crippen LogP contribution in [-0.2, 0) is 15.6 Å². The number of benzene rings is 1. The number of allylic oxidation sites excluding steroid dienone is 2. The zero-order valence-electron chi connectivity index (χ0n) is 9.89. The molecule has 1 aromatic rings. The molecule has 0 N–H and O–H groups in total. The van der Waals surface area contributed by atoms with Gasteiger partial charge in [0.2, 0.25) is 0 Å². The molecule has 0 aliphatic heterocycles. The first kappa shape index (κ1) is 12.2. The van der Waals surface area contributed by atoms with Crippen LogP contribution in [-0.4, -0.2) is 15.2 Å². The number of hydrogen-bond acceptors (Lipinski definition) is 2. The molecule has 0 saturated carbocycles. The third-order valence-corrected chi connectivity index (χ3v) is 4.65. The molecule has 1 aliphatic carbocycles. The Labute approximate surface area is 104 Å². The van der Waals surface area contributed by atoms with Crippen LogP contribution in [0, 0.1) is 6.92 Å². The van der Waals surface area contributed by atoms with E-state index in [0.29, 0.717) is 12.8 Å². The van der Waals surface area contributed by atoms with Crippen molar-refractivity contribution in [1.82, 2.24) is 0 Å². The van der Waals surface area contributed by atoms with Crippen molar-refractivity contribution in [2.24, 2.45) is 0 Å². The number of ketones is 1. The molecule has 0 amide bonds. The summed E-state index contributed by atoms with van der Waals surface area (Å²) in [6.45, 7) is 1.99. The first-order valence-corrected chi connectivity index (χ1v) is 7.05. The predicted molar refractivity (Wildman–Crippen MR) is 69.4 cm³/mol. The fourth-order valence-corrected chi connectivity index (χ4v) is 3.27. The minimum absolute atomic E-state index is 0.119. The van der Waals surface area contributed by atoms with Crippen LogP contribution in [0.25, 0.3) is 0 Å². The van der Waals surface area contributed by atoms with Crippen molar-refractivity contribution >= 4 is 16.6 Å². The van der Waals surface area contributed by atoms with Crippen molar-refractivity contribution in [3.8, 4) is 0 Å². The third kappa shape index (κ3) is 2.91. The molecule has 2 atom stereocenters. The fraction of sp³-hybridized carbons (Fsp3) is 0.357. The fourth-order valence-electron chi connectivity index (χ4n) is 1.90. The van der Waals surface area contributed by atoms with E-state index in [1.807, 2.05) is 43.3 Å². The number of rotatable bonds is 2. The Balaban J connectivity index is 2.21. The summed E-state index contributed by atoms with van der Waals surface area (Å²) in [6.07, 6.45) is 5.87. The average Bonchev–Trinajstić information content (AvgIpc) is 2.54. The lowest BCUT2D eigenvalue weighted by Crippen LogP contribution is -2.24. The maximum absolute atomic E-state index is 12.3. The van der Waals surface area contributed by atoms with Gasteiger partial charge >= 0.3 is 0 Å². The van der Waals surface area contributed by atoms with E-state index in [-0.39, 0.29) is 11.0 Å². The Morgan fingerprint density at radius 3 is 2.59 bits per heavy atom. The minimum atomic E-state index is -1.22. The molecule has 3 heteroatoms. The van der Waals surface area contributed by atoms with Crippen LogP contribution in [0.3, 0.4) is 0 Å². The minimum Gasteiger partial charge on any atom is -0.298 e. The molecule has 0 bridgehead atoms. The summed E-state index contributed by atoms with van der Waals surface area (Å²) in [5.74, 6) is 0.119. The molecule has 2 nitrogen and oxygen atoms in total. The van der Waals surface area contributed by atoms with Crippen molar-refractivity contribution in [1.29, 1.82) is 0 Å². The van der Waals surface area contributed by atoms with Crippen molar-refractivity contribution in [3.05, 3.63) is 42.0 Å². The second-order valence-corrected chi connectivity index (χ2v) is 5.95. The van der Waals surface area contributed by atoms with Crippen LogP contribution in [0.5, 0.6) is 0 Å². The molecule has 1 aromatic carbocycles. The Bertz CT molecular complexity index is 460. The molecule has 2 rings (SSSR count). The number of carbonyl (C=O) groups is 1. The van der Waals surface area contributed by atoms with Gasteiger partial charge in [0, 0.05) is 11.3 Å². The van der Waals surface area contributed by atoms with Crippen LogP contribution >= 0.6 is 0 Å². The van der Waals surface area contributed by atoms with Crippen molar-refractivity contribution in [2.75, 3.05) is 0 Å². The first-order valence-electron chi connectivity index (χ1n) is 5.83. The summed E-state index contributed by atoms with van der Waals surface area (Å²) in [5.41, 5.74) is 1.14. The molecule has 0 radical (unpaired) electrons. The summed E-state index contributed by atoms with van der Waals surface area (Å²) in [5, 5.41) is -0.364. The largest absolute Gasteiger partial charge is 0.298 e. The Hall–Kier alpha value is -1.22. The van der Waals surface area contributed by atoms with E-state index >= 15 is 0 Å². The van der Waals surface area contributed by atoms with E-state index in [0.717, 1.165) is 16.9 Å². The standard InChI is InChI=1S/C14H16O2S/c1-11-7-9-12(10-8-11)17(16)14-6-4-2-3-5-13(14)15/h2,4,7-10,14H,3,5-6H2,1H3. The number of carbonyl (C=O) groups excluding carboxylic acids is 1. The Kier molecular flexibility index (Phi) is 3.89. The normalized spacial score (nSPS) is 22.2. The highest BCUT2D eigenvalue weighted by molar-refractivity contribution is 7.86. The molecule has 0 fully saturated rings. The van der Waals surface area contributed by atoms with Gasteiger partial charge < -0.3 is 0 Å². The zero-order valence-corrected chi connectivity index (χ0v) is 10.7. The van der Waals surface area contributed by atoms with Gasteiger partial charge in [-0.1, -0.05) is 29.8 Å². The Morgan fingerprint density at radius 2 is 1.88 bits per heavy atom. The summed E-state index contributed by atoms with van der Waals surface area (Å²) < 4.78 is 12.3. The molecule has 0 heterocycles. The summed E-state index contributed by atoms with van der Waals surface area (Å²) in [7, 11) is -1.22. The number of aryl methyl sites for hydroxylation is 1. The van der Waals surface area contributed by atoms with Crippen LogP contribution in [0.15, 0.2) is 41.3 Å². The van der Waals surface area contributed by atoms with Crippen LogP contribution in [0.1, 0.15) is 24.8 Å². The highest BCUT2D eigenvalue weighted by Crippen LogP contribution is 2.19. The highest BCUT2D eigenvalue weighted by Gasteiger charge is 2.25. The van der Waals surface area contributed by atoms with Gasteiger partial charge in [-0.25, -0.2) is 0 Å². The van der Waals surface area contributed by atoms with E-state index in [4.69, 9.17) is 0 Å². The summed E-state index contributed by atoms with van der Waals surface area (Å²) >= 11 is 0. The van der Waals surface area contributed by atoms with Gasteiger partial charge in [0.05, 0.1) is 10.8 Å². The van der Waals surface area contributed by atoms with Gasteiger partial charge in [-0.15, -0.1) is 0 Å². The molecule has 0 spiro atoms. The topological polar surface area (TPSA) is 34.1 Å². The zero-order chi connectivity index (χ0) is 12.3. The number of Topliss-reactive ketones (excluding diaryl/α,β-unsaturated/α-hetero) is 1. The average molecular weight is 248 g/mol. The lowest BCUT2D eigenvalue weighted by molar-refractivity contribution is -0.118. The van der Waals surface area contributed by atoms with E-state index < -0.39 is 10.8 Å². The number of hydrogen-bond donors (Lipinski definition) is 0. The molecule has 2 unspecified atom stereocenters. The van der Waals surface area contributed by atoms with Gasteiger partial charge in [0.1, 0.15) is 11.0 Å². The SMILES string of the molecule is Cc1ccc(S(=O)C2CC=CCCC2=O)cc1. The predicted octanol–water partition coefficient (Wildman–Crippen LogP) is 2.78. The second kappa shape index (κ2) is 5.41. The molecule has 90 valence electrons. The highest BCUT2D eigenvalue weighted by atomic mass is 32.2. The van der Waals surface area contributed by atoms with E-state index in [1.54, 1.807) is 0 Å². The molecular formula is C14H16O2S. The van der Waals surface area contributed by atoms with Crippen LogP contribution in [0.4, 0.5) is 0 Å². The lowest BCUT2D eigenvalue weighted by atomic mass is 10.2. The quantitative estimate of drug-likeness (QED) is 0.754. The van der Waals surface area contributed by atoms with Crippen LogP contribution < -0.4 is 0 Å². The monoisotopic (exact) mass is 248 g/mol. The van der Waals surface area contributed by atoms with Crippen molar-refractivity contribution in [2.45, 2.75) is 36.3 Å². The van der Waals surface area contributed by atoms with E-state index in [2.05, 4.69) is 0 Å². The van der Waals surface area contributed by atoms with Crippen LogP contribution in [0.2, 0.25) is 0 Å². The van der Waals surface area contributed by atoms with E-state index in [9.17, 15) is 9.00 Å². The van der Waals surface area contributed by atoms with Crippen molar-refractivity contribution in [3.63, 3.8) is 0 Å². The third-order valence-electron chi connectivity index (χ3n) is 2.95. The van der Waals surface area contributed by atoms with Gasteiger partial charge in [0.25, 0.3) is 0 Å². The maximum atomic E-state index is 12.3. The second-order valence-electron chi connectivity index (χ2n) is 4.31. The molecule has 0 saturated heterocycles. The van der Waals surface area contributed by atoms with Gasteiger partial charge in [-0.3, -0.25) is 9.00 Å². The molecular weight excluding hydrogens is 232 g/mol. The van der Waals surface area contributed by atoms with Gasteiger partial charge in [0.15, 0.2) is 0 Å².